The Balaban J connectivity index is 2.87. The molecule has 98 valence electrons. The molecule has 6 nitrogen and oxygen atoms in total. The van der Waals surface area contributed by atoms with Gasteiger partial charge in [-0.25, -0.2) is 0 Å². The molecule has 2 N–H and O–H groups in total. The summed E-state index contributed by atoms with van der Waals surface area (Å²) in [6.45, 7) is 4.89. The number of amides is 1. The zero-order chi connectivity index (χ0) is 13.7. The van der Waals surface area contributed by atoms with Crippen molar-refractivity contribution in [2.45, 2.75) is 20.4 Å². The quantitative estimate of drug-likeness (QED) is 0.608. The maximum absolute atomic E-state index is 10.9. The van der Waals surface area contributed by atoms with Gasteiger partial charge in [-0.15, -0.1) is 0 Å². The SMILES string of the molecule is CCN(CC(N)=O)Cc1ccc(C)c([N+](=O)[O-])c1. The number of carbonyl (C=O) groups is 1. The predicted octanol–water partition coefficient (Wildman–Crippen LogP) is 1.21. The number of nitro groups is 1. The largest absolute Gasteiger partial charge is 0.369 e. The minimum atomic E-state index is -0.404. The standard InChI is InChI=1S/C12H17N3O3/c1-3-14(8-12(13)16)7-10-5-4-9(2)11(6-10)15(17)18/h4-6H,3,7-8H2,1-2H3,(H2,13,16). The number of likely N-dealkylation sites (N-methyl/N-ethyl adjacent to an activating group) is 1. The molecule has 0 spiro atoms. The van der Waals surface area contributed by atoms with Crippen molar-refractivity contribution in [3.05, 3.63) is 39.4 Å². The smallest absolute Gasteiger partial charge is 0.272 e. The Morgan fingerprint density at radius 1 is 1.50 bits per heavy atom. The van der Waals surface area contributed by atoms with Gasteiger partial charge in [-0.05, 0) is 19.0 Å². The van der Waals surface area contributed by atoms with E-state index in [1.807, 2.05) is 17.9 Å². The summed E-state index contributed by atoms with van der Waals surface area (Å²) in [7, 11) is 0. The Morgan fingerprint density at radius 2 is 2.17 bits per heavy atom. The second kappa shape index (κ2) is 6.11. The molecular weight excluding hydrogens is 234 g/mol. The first-order valence-electron chi connectivity index (χ1n) is 5.68. The van der Waals surface area contributed by atoms with Crippen molar-refractivity contribution in [1.82, 2.24) is 4.90 Å². The van der Waals surface area contributed by atoms with Crippen LogP contribution in [0.5, 0.6) is 0 Å². The average molecular weight is 251 g/mol. The molecule has 0 fully saturated rings. The van der Waals surface area contributed by atoms with Crippen LogP contribution in [-0.2, 0) is 11.3 Å². The fourth-order valence-corrected chi connectivity index (χ4v) is 1.71. The Kier molecular flexibility index (Phi) is 4.79. The minimum absolute atomic E-state index is 0.0997. The molecule has 0 saturated heterocycles. The van der Waals surface area contributed by atoms with E-state index in [-0.39, 0.29) is 12.2 Å². The van der Waals surface area contributed by atoms with Crippen molar-refractivity contribution in [2.75, 3.05) is 13.1 Å². The van der Waals surface area contributed by atoms with Crippen molar-refractivity contribution in [1.29, 1.82) is 0 Å². The van der Waals surface area contributed by atoms with E-state index in [1.54, 1.807) is 19.1 Å². The van der Waals surface area contributed by atoms with E-state index in [9.17, 15) is 14.9 Å². The molecule has 0 heterocycles. The van der Waals surface area contributed by atoms with E-state index in [4.69, 9.17) is 5.73 Å². The van der Waals surface area contributed by atoms with E-state index in [0.29, 0.717) is 18.7 Å². The van der Waals surface area contributed by atoms with Crippen molar-refractivity contribution in [2.24, 2.45) is 5.73 Å². The molecule has 0 bridgehead atoms. The van der Waals surface area contributed by atoms with Crippen LogP contribution < -0.4 is 5.73 Å². The number of rotatable bonds is 6. The summed E-state index contributed by atoms with van der Waals surface area (Å²) in [5, 5.41) is 10.8. The molecule has 0 aliphatic heterocycles. The highest BCUT2D eigenvalue weighted by Crippen LogP contribution is 2.20. The summed E-state index contributed by atoms with van der Waals surface area (Å²) in [6.07, 6.45) is 0. The van der Waals surface area contributed by atoms with Gasteiger partial charge in [0.1, 0.15) is 0 Å². The minimum Gasteiger partial charge on any atom is -0.369 e. The van der Waals surface area contributed by atoms with Gasteiger partial charge in [0, 0.05) is 18.2 Å². The number of aryl methyl sites for hydroxylation is 1. The number of hydrogen-bond donors (Lipinski definition) is 1. The molecule has 1 aromatic carbocycles. The fraction of sp³-hybridized carbons (Fsp3) is 0.417. The molecule has 1 amide bonds. The highest BCUT2D eigenvalue weighted by molar-refractivity contribution is 5.75. The zero-order valence-electron chi connectivity index (χ0n) is 10.5. The predicted molar refractivity (Wildman–Crippen MR) is 68.0 cm³/mol. The molecule has 0 aliphatic carbocycles. The van der Waals surface area contributed by atoms with Gasteiger partial charge in [0.2, 0.25) is 5.91 Å². The summed E-state index contributed by atoms with van der Waals surface area (Å²) in [5.74, 6) is -0.404. The molecule has 6 heteroatoms. The zero-order valence-corrected chi connectivity index (χ0v) is 10.5. The van der Waals surface area contributed by atoms with E-state index in [0.717, 1.165) is 5.56 Å². The van der Waals surface area contributed by atoms with Crippen LogP contribution in [0.4, 0.5) is 5.69 Å². The molecule has 0 saturated carbocycles. The van der Waals surface area contributed by atoms with E-state index < -0.39 is 10.8 Å². The van der Waals surface area contributed by atoms with Crippen LogP contribution in [0.2, 0.25) is 0 Å². The van der Waals surface area contributed by atoms with Crippen LogP contribution in [0.25, 0.3) is 0 Å². The Labute approximate surface area is 106 Å². The third-order valence-electron chi connectivity index (χ3n) is 2.70. The highest BCUT2D eigenvalue weighted by Gasteiger charge is 2.13. The lowest BCUT2D eigenvalue weighted by molar-refractivity contribution is -0.385. The first kappa shape index (κ1) is 14.1. The molecule has 1 aromatic rings. The van der Waals surface area contributed by atoms with E-state index >= 15 is 0 Å². The summed E-state index contributed by atoms with van der Waals surface area (Å²) < 4.78 is 0. The van der Waals surface area contributed by atoms with Crippen LogP contribution in [-0.4, -0.2) is 28.8 Å². The third-order valence-corrected chi connectivity index (χ3v) is 2.70. The van der Waals surface area contributed by atoms with Gasteiger partial charge in [-0.1, -0.05) is 19.1 Å². The van der Waals surface area contributed by atoms with Crippen LogP contribution >= 0.6 is 0 Å². The Morgan fingerprint density at radius 3 is 2.67 bits per heavy atom. The third kappa shape index (κ3) is 3.81. The molecule has 0 atom stereocenters. The molecule has 18 heavy (non-hydrogen) atoms. The Bertz CT molecular complexity index is 460. The molecule has 0 unspecified atom stereocenters. The van der Waals surface area contributed by atoms with Crippen LogP contribution in [0.1, 0.15) is 18.1 Å². The van der Waals surface area contributed by atoms with Gasteiger partial charge in [0.15, 0.2) is 0 Å². The lowest BCUT2D eigenvalue weighted by Crippen LogP contribution is -2.33. The molecule has 0 radical (unpaired) electrons. The number of nitrogens with two attached hydrogens (primary N) is 1. The molecule has 0 aliphatic rings. The lowest BCUT2D eigenvalue weighted by atomic mass is 10.1. The first-order chi connectivity index (χ1) is 8.43. The number of nitrogens with zero attached hydrogens (tertiary/aromatic N) is 2. The first-order valence-corrected chi connectivity index (χ1v) is 5.68. The topological polar surface area (TPSA) is 89.5 Å². The summed E-state index contributed by atoms with van der Waals surface area (Å²) in [5.41, 5.74) is 6.66. The molecular formula is C12H17N3O3. The van der Waals surface area contributed by atoms with Crippen molar-refractivity contribution >= 4 is 11.6 Å². The van der Waals surface area contributed by atoms with E-state index in [2.05, 4.69) is 0 Å². The number of nitro benzene ring substituents is 1. The average Bonchev–Trinajstić information content (AvgIpc) is 2.29. The van der Waals surface area contributed by atoms with Gasteiger partial charge < -0.3 is 5.73 Å². The van der Waals surface area contributed by atoms with Crippen LogP contribution in [0, 0.1) is 17.0 Å². The Hall–Kier alpha value is -1.95. The second-order valence-electron chi connectivity index (χ2n) is 4.15. The maximum atomic E-state index is 10.9. The van der Waals surface area contributed by atoms with Crippen molar-refractivity contribution < 1.29 is 9.72 Å². The van der Waals surface area contributed by atoms with Crippen molar-refractivity contribution in [3.63, 3.8) is 0 Å². The summed E-state index contributed by atoms with van der Waals surface area (Å²) >= 11 is 0. The van der Waals surface area contributed by atoms with E-state index in [1.165, 1.54) is 0 Å². The van der Waals surface area contributed by atoms with Crippen LogP contribution in [0.15, 0.2) is 18.2 Å². The number of primary amides is 1. The van der Waals surface area contributed by atoms with Gasteiger partial charge in [0.05, 0.1) is 11.5 Å². The second-order valence-corrected chi connectivity index (χ2v) is 4.15. The van der Waals surface area contributed by atoms with Gasteiger partial charge in [0.25, 0.3) is 5.69 Å². The lowest BCUT2D eigenvalue weighted by Gasteiger charge is -2.18. The molecule has 0 aromatic heterocycles. The fourth-order valence-electron chi connectivity index (χ4n) is 1.71. The maximum Gasteiger partial charge on any atom is 0.272 e. The number of hydrogen-bond acceptors (Lipinski definition) is 4. The molecule has 1 rings (SSSR count). The van der Waals surface area contributed by atoms with Crippen LogP contribution in [0.3, 0.4) is 0 Å². The number of carbonyl (C=O) groups excluding carboxylic acids is 1. The monoisotopic (exact) mass is 251 g/mol. The van der Waals surface area contributed by atoms with Gasteiger partial charge in [-0.3, -0.25) is 19.8 Å². The highest BCUT2D eigenvalue weighted by atomic mass is 16.6. The summed E-state index contributed by atoms with van der Waals surface area (Å²) in [6, 6.07) is 5.08. The van der Waals surface area contributed by atoms with Gasteiger partial charge >= 0.3 is 0 Å². The van der Waals surface area contributed by atoms with Crippen molar-refractivity contribution in [3.8, 4) is 0 Å². The normalized spacial score (nSPS) is 10.6. The summed E-state index contributed by atoms with van der Waals surface area (Å²) in [4.78, 5) is 23.1. The van der Waals surface area contributed by atoms with Gasteiger partial charge in [-0.2, -0.15) is 0 Å². The number of benzene rings is 1.